The quantitative estimate of drug-likeness (QED) is 0.664. The van der Waals surface area contributed by atoms with Crippen molar-refractivity contribution in [3.63, 3.8) is 0 Å². The fourth-order valence-corrected chi connectivity index (χ4v) is 3.12. The van der Waals surface area contributed by atoms with Gasteiger partial charge in [-0.25, -0.2) is 13.1 Å². The van der Waals surface area contributed by atoms with Crippen LogP contribution in [0, 0.1) is 0 Å². The summed E-state index contributed by atoms with van der Waals surface area (Å²) >= 11 is 0. The summed E-state index contributed by atoms with van der Waals surface area (Å²) in [5.74, 6) is 0.137. The maximum absolute atomic E-state index is 11.5. The van der Waals surface area contributed by atoms with Gasteiger partial charge in [0.25, 0.3) is 0 Å². The van der Waals surface area contributed by atoms with Crippen molar-refractivity contribution in [2.45, 2.75) is 31.4 Å². The molecule has 1 fully saturated rings. The zero-order valence-electron chi connectivity index (χ0n) is 9.32. The second kappa shape index (κ2) is 5.79. The molecule has 0 aromatic carbocycles. The summed E-state index contributed by atoms with van der Waals surface area (Å²) in [5.41, 5.74) is 0. The maximum Gasteiger partial charge on any atom is 0.213 e. The minimum Gasteiger partial charge on any atom is -0.381 e. The van der Waals surface area contributed by atoms with Crippen LogP contribution in [0.25, 0.3) is 0 Å². The van der Waals surface area contributed by atoms with E-state index in [-0.39, 0.29) is 17.9 Å². The van der Waals surface area contributed by atoms with Crippen molar-refractivity contribution < 1.29 is 13.2 Å². The SMILES string of the molecule is CNCCS(=O)(=O)NC1CCC(OC)C1. The maximum atomic E-state index is 11.5. The van der Waals surface area contributed by atoms with Gasteiger partial charge in [-0.2, -0.15) is 0 Å². The highest BCUT2D eigenvalue weighted by Crippen LogP contribution is 2.21. The predicted molar refractivity (Wildman–Crippen MR) is 59.3 cm³/mol. The van der Waals surface area contributed by atoms with E-state index in [0.29, 0.717) is 6.54 Å². The smallest absolute Gasteiger partial charge is 0.213 e. The minimum absolute atomic E-state index is 0.0526. The Morgan fingerprint density at radius 3 is 2.67 bits per heavy atom. The van der Waals surface area contributed by atoms with Gasteiger partial charge in [0.2, 0.25) is 10.0 Å². The van der Waals surface area contributed by atoms with Gasteiger partial charge in [0.15, 0.2) is 0 Å². The summed E-state index contributed by atoms with van der Waals surface area (Å²) in [6, 6.07) is 0.0526. The number of sulfonamides is 1. The molecule has 0 heterocycles. The second-order valence-corrected chi connectivity index (χ2v) is 5.78. The number of methoxy groups -OCH3 is 1. The molecular weight excluding hydrogens is 216 g/mol. The molecule has 5 nitrogen and oxygen atoms in total. The lowest BCUT2D eigenvalue weighted by Gasteiger charge is -2.13. The molecular formula is C9H20N2O3S. The zero-order valence-corrected chi connectivity index (χ0v) is 10.1. The lowest BCUT2D eigenvalue weighted by molar-refractivity contribution is 0.107. The van der Waals surface area contributed by atoms with Gasteiger partial charge in [-0.1, -0.05) is 0 Å². The van der Waals surface area contributed by atoms with Gasteiger partial charge in [0, 0.05) is 19.7 Å². The molecule has 0 amide bonds. The summed E-state index contributed by atoms with van der Waals surface area (Å²) < 4.78 is 31.0. The van der Waals surface area contributed by atoms with E-state index in [2.05, 4.69) is 10.0 Å². The van der Waals surface area contributed by atoms with E-state index < -0.39 is 10.0 Å². The van der Waals surface area contributed by atoms with Crippen molar-refractivity contribution in [2.24, 2.45) is 0 Å². The van der Waals surface area contributed by atoms with Crippen molar-refractivity contribution in [1.82, 2.24) is 10.0 Å². The molecule has 0 aromatic heterocycles. The first-order valence-electron chi connectivity index (χ1n) is 5.25. The van der Waals surface area contributed by atoms with E-state index in [0.717, 1.165) is 19.3 Å². The molecule has 2 unspecified atom stereocenters. The molecule has 0 bridgehead atoms. The van der Waals surface area contributed by atoms with Crippen molar-refractivity contribution in [3.05, 3.63) is 0 Å². The summed E-state index contributed by atoms with van der Waals surface area (Å²) in [7, 11) is 0.284. The second-order valence-electron chi connectivity index (χ2n) is 3.91. The Kier molecular flexibility index (Phi) is 4.98. The van der Waals surface area contributed by atoms with Gasteiger partial charge in [-0.15, -0.1) is 0 Å². The Hall–Kier alpha value is -0.170. The Morgan fingerprint density at radius 1 is 1.40 bits per heavy atom. The third-order valence-electron chi connectivity index (χ3n) is 2.68. The van der Waals surface area contributed by atoms with Crippen LogP contribution in [0.1, 0.15) is 19.3 Å². The molecule has 2 atom stereocenters. The molecule has 1 aliphatic rings. The van der Waals surface area contributed by atoms with Gasteiger partial charge in [0.05, 0.1) is 11.9 Å². The third-order valence-corrected chi connectivity index (χ3v) is 4.12. The van der Waals surface area contributed by atoms with Gasteiger partial charge in [-0.05, 0) is 26.3 Å². The van der Waals surface area contributed by atoms with E-state index in [1.807, 2.05) is 0 Å². The Balaban J connectivity index is 2.35. The molecule has 0 saturated heterocycles. The van der Waals surface area contributed by atoms with E-state index in [4.69, 9.17) is 4.74 Å². The minimum atomic E-state index is -3.13. The van der Waals surface area contributed by atoms with Crippen LogP contribution in [0.2, 0.25) is 0 Å². The molecule has 0 aromatic rings. The number of ether oxygens (including phenoxy) is 1. The predicted octanol–water partition coefficient (Wildman–Crippen LogP) is -0.307. The van der Waals surface area contributed by atoms with Crippen LogP contribution in [-0.2, 0) is 14.8 Å². The Morgan fingerprint density at radius 2 is 2.13 bits per heavy atom. The fourth-order valence-electron chi connectivity index (χ4n) is 1.81. The highest BCUT2D eigenvalue weighted by Gasteiger charge is 2.27. The van der Waals surface area contributed by atoms with Crippen LogP contribution >= 0.6 is 0 Å². The zero-order chi connectivity index (χ0) is 11.3. The van der Waals surface area contributed by atoms with Crippen LogP contribution < -0.4 is 10.0 Å². The van der Waals surface area contributed by atoms with Gasteiger partial charge in [0.1, 0.15) is 0 Å². The summed E-state index contributed by atoms with van der Waals surface area (Å²) in [4.78, 5) is 0. The highest BCUT2D eigenvalue weighted by atomic mass is 32.2. The van der Waals surface area contributed by atoms with E-state index in [1.54, 1.807) is 14.2 Å². The van der Waals surface area contributed by atoms with Crippen molar-refractivity contribution >= 4 is 10.0 Å². The number of rotatable bonds is 6. The van der Waals surface area contributed by atoms with Crippen molar-refractivity contribution in [2.75, 3.05) is 26.5 Å². The first kappa shape index (κ1) is 12.9. The van der Waals surface area contributed by atoms with Gasteiger partial charge >= 0.3 is 0 Å². The normalized spacial score (nSPS) is 27.1. The Labute approximate surface area is 91.6 Å². The first-order valence-corrected chi connectivity index (χ1v) is 6.90. The lowest BCUT2D eigenvalue weighted by atomic mass is 10.3. The van der Waals surface area contributed by atoms with Gasteiger partial charge in [-0.3, -0.25) is 0 Å². The monoisotopic (exact) mass is 236 g/mol. The number of hydrogen-bond acceptors (Lipinski definition) is 4. The van der Waals surface area contributed by atoms with Crippen LogP contribution in [0.5, 0.6) is 0 Å². The lowest BCUT2D eigenvalue weighted by Crippen LogP contribution is -2.37. The van der Waals surface area contributed by atoms with E-state index in [1.165, 1.54) is 0 Å². The summed E-state index contributed by atoms with van der Waals surface area (Å²) in [6.45, 7) is 0.482. The molecule has 1 aliphatic carbocycles. The first-order chi connectivity index (χ1) is 7.07. The highest BCUT2D eigenvalue weighted by molar-refractivity contribution is 7.89. The molecule has 2 N–H and O–H groups in total. The van der Waals surface area contributed by atoms with E-state index in [9.17, 15) is 8.42 Å². The number of hydrogen-bond donors (Lipinski definition) is 2. The number of nitrogens with one attached hydrogen (secondary N) is 2. The molecule has 1 rings (SSSR count). The average Bonchev–Trinajstić information content (AvgIpc) is 2.62. The molecule has 90 valence electrons. The van der Waals surface area contributed by atoms with Crippen molar-refractivity contribution in [3.8, 4) is 0 Å². The molecule has 0 radical (unpaired) electrons. The summed E-state index contributed by atoms with van der Waals surface area (Å²) in [5, 5.41) is 2.82. The van der Waals surface area contributed by atoms with Crippen LogP contribution in [0.4, 0.5) is 0 Å². The topological polar surface area (TPSA) is 67.4 Å². The van der Waals surface area contributed by atoms with Crippen LogP contribution in [0.3, 0.4) is 0 Å². The fraction of sp³-hybridized carbons (Fsp3) is 1.00. The van der Waals surface area contributed by atoms with E-state index >= 15 is 0 Å². The third kappa shape index (κ3) is 4.46. The standard InChI is InChI=1S/C9H20N2O3S/c1-10-5-6-15(12,13)11-8-3-4-9(7-8)14-2/h8-11H,3-7H2,1-2H3. The van der Waals surface area contributed by atoms with Crippen LogP contribution in [-0.4, -0.2) is 47.0 Å². The molecule has 15 heavy (non-hydrogen) atoms. The average molecular weight is 236 g/mol. The van der Waals surface area contributed by atoms with Crippen LogP contribution in [0.15, 0.2) is 0 Å². The molecule has 6 heteroatoms. The van der Waals surface area contributed by atoms with Gasteiger partial charge < -0.3 is 10.1 Å². The largest absolute Gasteiger partial charge is 0.381 e. The molecule has 0 spiro atoms. The molecule has 0 aliphatic heterocycles. The van der Waals surface area contributed by atoms with Crippen molar-refractivity contribution in [1.29, 1.82) is 0 Å². The molecule has 1 saturated carbocycles. The Bertz CT molecular complexity index is 279. The summed E-state index contributed by atoms with van der Waals surface area (Å²) in [6.07, 6.45) is 2.81.